The number of ketones is 1. The molecule has 0 saturated heterocycles. The SMILES string of the molecule is CSc1ccc(CCC(=O)c2ccc(C)nc2Nc2ccccc2)cn1. The van der Waals surface area contributed by atoms with Gasteiger partial charge in [0.15, 0.2) is 5.78 Å². The van der Waals surface area contributed by atoms with E-state index < -0.39 is 0 Å². The second-order valence-electron chi connectivity index (χ2n) is 5.97. The highest BCUT2D eigenvalue weighted by Crippen LogP contribution is 2.21. The number of aromatic nitrogens is 2. The summed E-state index contributed by atoms with van der Waals surface area (Å²) in [6.07, 6.45) is 4.93. The number of anilines is 2. The van der Waals surface area contributed by atoms with Gasteiger partial charge in [-0.25, -0.2) is 9.97 Å². The molecule has 2 heterocycles. The number of hydrogen-bond acceptors (Lipinski definition) is 5. The van der Waals surface area contributed by atoms with Crippen molar-refractivity contribution in [2.24, 2.45) is 0 Å². The van der Waals surface area contributed by atoms with Crippen LogP contribution in [0.5, 0.6) is 0 Å². The van der Waals surface area contributed by atoms with Gasteiger partial charge in [-0.2, -0.15) is 0 Å². The largest absolute Gasteiger partial charge is 0.340 e. The fourth-order valence-electron chi connectivity index (χ4n) is 2.61. The molecule has 0 spiro atoms. The standard InChI is InChI=1S/C21H21N3OS/c1-15-8-11-18(21(23-15)24-17-6-4-3-5-7-17)19(25)12-9-16-10-13-20(26-2)22-14-16/h3-8,10-11,13-14H,9,12H2,1-2H3,(H,23,24). The minimum Gasteiger partial charge on any atom is -0.340 e. The number of pyridine rings is 2. The van der Waals surface area contributed by atoms with Crippen LogP contribution >= 0.6 is 11.8 Å². The van der Waals surface area contributed by atoms with Gasteiger partial charge in [0.1, 0.15) is 5.82 Å². The molecular formula is C21H21N3OS. The minimum absolute atomic E-state index is 0.0740. The molecule has 0 saturated carbocycles. The van der Waals surface area contributed by atoms with Crippen molar-refractivity contribution in [2.45, 2.75) is 24.8 Å². The minimum atomic E-state index is 0.0740. The number of carbonyl (C=O) groups is 1. The van der Waals surface area contributed by atoms with Gasteiger partial charge in [-0.15, -0.1) is 11.8 Å². The van der Waals surface area contributed by atoms with Gasteiger partial charge in [-0.1, -0.05) is 24.3 Å². The molecule has 1 N–H and O–H groups in total. The fraction of sp³-hybridized carbons (Fsp3) is 0.190. The van der Waals surface area contributed by atoms with Crippen LogP contribution in [0.3, 0.4) is 0 Å². The number of benzene rings is 1. The highest BCUT2D eigenvalue weighted by atomic mass is 32.2. The summed E-state index contributed by atoms with van der Waals surface area (Å²) in [6.45, 7) is 1.92. The molecule has 0 bridgehead atoms. The number of Topliss-reactive ketones (excluding diaryl/α,β-unsaturated/α-hetero) is 1. The number of nitrogens with one attached hydrogen (secondary N) is 1. The number of rotatable bonds is 7. The van der Waals surface area contributed by atoms with Gasteiger partial charge >= 0.3 is 0 Å². The highest BCUT2D eigenvalue weighted by Gasteiger charge is 2.13. The predicted molar refractivity (Wildman–Crippen MR) is 107 cm³/mol. The Kier molecular flexibility index (Phi) is 6.02. The van der Waals surface area contributed by atoms with Crippen molar-refractivity contribution in [3.05, 3.63) is 77.6 Å². The first-order chi connectivity index (χ1) is 12.7. The normalized spacial score (nSPS) is 10.5. The first kappa shape index (κ1) is 18.1. The Labute approximate surface area is 158 Å². The molecule has 1 aromatic carbocycles. The van der Waals surface area contributed by atoms with E-state index in [0.29, 0.717) is 24.2 Å². The molecule has 0 aliphatic rings. The van der Waals surface area contributed by atoms with Crippen LogP contribution < -0.4 is 5.32 Å². The van der Waals surface area contributed by atoms with E-state index in [1.165, 1.54) is 0 Å². The Balaban J connectivity index is 1.73. The third-order valence-corrected chi connectivity index (χ3v) is 4.68. The van der Waals surface area contributed by atoms with E-state index in [-0.39, 0.29) is 5.78 Å². The number of nitrogens with zero attached hydrogens (tertiary/aromatic N) is 2. The van der Waals surface area contributed by atoms with Crippen molar-refractivity contribution in [3.63, 3.8) is 0 Å². The summed E-state index contributed by atoms with van der Waals surface area (Å²) >= 11 is 1.61. The predicted octanol–water partition coefficient (Wildman–Crippen LogP) is 5.07. The van der Waals surface area contributed by atoms with Crippen molar-refractivity contribution in [1.29, 1.82) is 0 Å². The van der Waals surface area contributed by atoms with Crippen LogP contribution in [0.1, 0.15) is 28.0 Å². The topological polar surface area (TPSA) is 54.9 Å². The lowest BCUT2D eigenvalue weighted by Gasteiger charge is -2.11. The molecule has 0 amide bonds. The fourth-order valence-corrected chi connectivity index (χ4v) is 2.97. The zero-order chi connectivity index (χ0) is 18.4. The second-order valence-corrected chi connectivity index (χ2v) is 6.80. The summed E-state index contributed by atoms with van der Waals surface area (Å²) < 4.78 is 0. The molecule has 2 aromatic heterocycles. The molecule has 5 heteroatoms. The Hall–Kier alpha value is -2.66. The quantitative estimate of drug-likeness (QED) is 0.469. The van der Waals surface area contributed by atoms with E-state index in [2.05, 4.69) is 15.3 Å². The number of para-hydroxylation sites is 1. The average Bonchev–Trinajstić information content (AvgIpc) is 2.67. The summed E-state index contributed by atoms with van der Waals surface area (Å²) in [5.41, 5.74) is 3.47. The summed E-state index contributed by atoms with van der Waals surface area (Å²) in [5.74, 6) is 0.682. The van der Waals surface area contributed by atoms with Crippen molar-refractivity contribution >= 4 is 29.1 Å². The summed E-state index contributed by atoms with van der Waals surface area (Å²) in [4.78, 5) is 21.6. The van der Waals surface area contributed by atoms with Crippen molar-refractivity contribution in [3.8, 4) is 0 Å². The van der Waals surface area contributed by atoms with E-state index in [9.17, 15) is 4.79 Å². The van der Waals surface area contributed by atoms with Crippen molar-refractivity contribution < 1.29 is 4.79 Å². The van der Waals surface area contributed by atoms with Gasteiger partial charge in [0.05, 0.1) is 10.6 Å². The third kappa shape index (κ3) is 4.70. The Morgan fingerprint density at radius 2 is 1.88 bits per heavy atom. The van der Waals surface area contributed by atoms with E-state index in [4.69, 9.17) is 0 Å². The summed E-state index contributed by atoms with van der Waals surface area (Å²) in [5, 5.41) is 4.24. The lowest BCUT2D eigenvalue weighted by Crippen LogP contribution is -2.08. The molecular weight excluding hydrogens is 342 g/mol. The van der Waals surface area contributed by atoms with Crippen LogP contribution in [0.4, 0.5) is 11.5 Å². The summed E-state index contributed by atoms with van der Waals surface area (Å²) in [6, 6.07) is 17.5. The zero-order valence-electron chi connectivity index (χ0n) is 14.9. The highest BCUT2D eigenvalue weighted by molar-refractivity contribution is 7.98. The van der Waals surface area contributed by atoms with E-state index in [1.54, 1.807) is 11.8 Å². The Bertz CT molecular complexity index is 880. The molecule has 26 heavy (non-hydrogen) atoms. The van der Waals surface area contributed by atoms with Gasteiger partial charge in [-0.3, -0.25) is 4.79 Å². The third-order valence-electron chi connectivity index (χ3n) is 4.02. The Morgan fingerprint density at radius 3 is 2.58 bits per heavy atom. The van der Waals surface area contributed by atoms with Crippen LogP contribution in [0, 0.1) is 6.92 Å². The molecule has 0 fully saturated rings. The summed E-state index contributed by atoms with van der Waals surface area (Å²) in [7, 11) is 0. The molecule has 0 unspecified atom stereocenters. The van der Waals surface area contributed by atoms with Crippen LogP contribution in [0.25, 0.3) is 0 Å². The number of hydrogen-bond donors (Lipinski definition) is 1. The first-order valence-corrected chi connectivity index (χ1v) is 9.70. The van der Waals surface area contributed by atoms with Crippen LogP contribution in [0.15, 0.2) is 65.8 Å². The number of carbonyl (C=O) groups excluding carboxylic acids is 1. The van der Waals surface area contributed by atoms with Gasteiger partial charge in [0.2, 0.25) is 0 Å². The molecule has 0 aliphatic heterocycles. The van der Waals surface area contributed by atoms with Crippen molar-refractivity contribution in [1.82, 2.24) is 9.97 Å². The molecule has 0 radical (unpaired) electrons. The number of thioether (sulfide) groups is 1. The lowest BCUT2D eigenvalue weighted by molar-refractivity contribution is 0.0983. The molecule has 3 aromatic rings. The Morgan fingerprint density at radius 1 is 1.08 bits per heavy atom. The monoisotopic (exact) mass is 363 g/mol. The molecule has 3 rings (SSSR count). The molecule has 0 aliphatic carbocycles. The van der Waals surface area contributed by atoms with E-state index in [0.717, 1.165) is 22.0 Å². The van der Waals surface area contributed by atoms with Gasteiger partial charge in [-0.05, 0) is 55.5 Å². The van der Waals surface area contributed by atoms with Crippen molar-refractivity contribution in [2.75, 3.05) is 11.6 Å². The molecule has 132 valence electrons. The lowest BCUT2D eigenvalue weighted by atomic mass is 10.0. The van der Waals surface area contributed by atoms with Gasteiger partial charge < -0.3 is 5.32 Å². The molecule has 4 nitrogen and oxygen atoms in total. The second kappa shape index (κ2) is 8.63. The average molecular weight is 363 g/mol. The van der Waals surface area contributed by atoms with Crippen LogP contribution in [-0.4, -0.2) is 22.0 Å². The van der Waals surface area contributed by atoms with E-state index >= 15 is 0 Å². The first-order valence-electron chi connectivity index (χ1n) is 8.47. The zero-order valence-corrected chi connectivity index (χ0v) is 15.7. The maximum atomic E-state index is 12.8. The van der Waals surface area contributed by atoms with Crippen LogP contribution in [0.2, 0.25) is 0 Å². The van der Waals surface area contributed by atoms with Gasteiger partial charge in [0.25, 0.3) is 0 Å². The van der Waals surface area contributed by atoms with E-state index in [1.807, 2.05) is 74.0 Å². The maximum Gasteiger partial charge on any atom is 0.166 e. The number of aryl methyl sites for hydroxylation is 2. The maximum absolute atomic E-state index is 12.8. The smallest absolute Gasteiger partial charge is 0.166 e. The van der Waals surface area contributed by atoms with Gasteiger partial charge in [0, 0.05) is 24.0 Å². The van der Waals surface area contributed by atoms with Crippen LogP contribution in [-0.2, 0) is 6.42 Å². The molecule has 0 atom stereocenters.